The van der Waals surface area contributed by atoms with Gasteiger partial charge in [0.15, 0.2) is 0 Å². The summed E-state index contributed by atoms with van der Waals surface area (Å²) in [6.45, 7) is 6.00. The number of hydrogen-bond acceptors (Lipinski definition) is 3. The van der Waals surface area contributed by atoms with Crippen molar-refractivity contribution in [2.75, 3.05) is 13.7 Å². The van der Waals surface area contributed by atoms with Gasteiger partial charge in [0.05, 0.1) is 11.6 Å². The number of thiophene rings is 1. The van der Waals surface area contributed by atoms with Crippen LogP contribution in [0.25, 0.3) is 0 Å². The van der Waals surface area contributed by atoms with Gasteiger partial charge >= 0.3 is 0 Å². The molecule has 1 aromatic rings. The number of methoxy groups -OCH3 is 1. The molecule has 0 spiro atoms. The molecular weight excluding hydrogens is 230 g/mol. The van der Waals surface area contributed by atoms with Crippen molar-refractivity contribution in [1.29, 1.82) is 0 Å². The van der Waals surface area contributed by atoms with Gasteiger partial charge in [0.1, 0.15) is 0 Å². The largest absolute Gasteiger partial charge is 0.383 e. The van der Waals surface area contributed by atoms with Crippen LogP contribution in [0.5, 0.6) is 0 Å². The summed E-state index contributed by atoms with van der Waals surface area (Å²) >= 11 is 7.54. The molecule has 2 nitrogen and oxygen atoms in total. The molecule has 1 aromatic heterocycles. The van der Waals surface area contributed by atoms with Crippen LogP contribution >= 0.6 is 22.9 Å². The van der Waals surface area contributed by atoms with Crippen molar-refractivity contribution in [2.45, 2.75) is 26.4 Å². The molecule has 0 saturated carbocycles. The van der Waals surface area contributed by atoms with E-state index in [2.05, 4.69) is 19.2 Å². The quantitative estimate of drug-likeness (QED) is 0.834. The van der Waals surface area contributed by atoms with Gasteiger partial charge in [-0.3, -0.25) is 0 Å². The Morgan fingerprint density at radius 3 is 2.73 bits per heavy atom. The van der Waals surface area contributed by atoms with Crippen LogP contribution in [0.3, 0.4) is 0 Å². The Morgan fingerprint density at radius 1 is 1.53 bits per heavy atom. The predicted octanol–water partition coefficient (Wildman–Crippen LogP) is 3.16. The van der Waals surface area contributed by atoms with Crippen molar-refractivity contribution in [1.82, 2.24) is 5.32 Å². The SMILES string of the molecule is COCC(NCc1cc(Cl)cs1)C(C)C. The van der Waals surface area contributed by atoms with E-state index < -0.39 is 0 Å². The maximum atomic E-state index is 5.86. The Bertz CT molecular complexity index is 288. The molecule has 1 N–H and O–H groups in total. The highest BCUT2D eigenvalue weighted by Crippen LogP contribution is 2.19. The summed E-state index contributed by atoms with van der Waals surface area (Å²) in [5, 5.41) is 6.26. The summed E-state index contributed by atoms with van der Waals surface area (Å²) in [5.74, 6) is 0.570. The van der Waals surface area contributed by atoms with Crippen molar-refractivity contribution in [3.8, 4) is 0 Å². The van der Waals surface area contributed by atoms with Crippen LogP contribution in [0.4, 0.5) is 0 Å². The minimum absolute atomic E-state index is 0.399. The third kappa shape index (κ3) is 4.51. The monoisotopic (exact) mass is 247 g/mol. The Morgan fingerprint density at radius 2 is 2.27 bits per heavy atom. The summed E-state index contributed by atoms with van der Waals surface area (Å²) < 4.78 is 5.17. The summed E-state index contributed by atoms with van der Waals surface area (Å²) in [5.41, 5.74) is 0. The fraction of sp³-hybridized carbons (Fsp3) is 0.636. The maximum Gasteiger partial charge on any atom is 0.0618 e. The van der Waals surface area contributed by atoms with E-state index in [0.29, 0.717) is 12.0 Å². The van der Waals surface area contributed by atoms with Crippen LogP contribution in [-0.4, -0.2) is 19.8 Å². The Kier molecular flexibility index (Phi) is 5.61. The third-order valence-electron chi connectivity index (χ3n) is 2.31. The molecule has 0 aromatic carbocycles. The second-order valence-electron chi connectivity index (χ2n) is 3.92. The highest BCUT2D eigenvalue weighted by molar-refractivity contribution is 7.10. The first-order valence-corrected chi connectivity index (χ1v) is 6.34. The molecule has 1 unspecified atom stereocenters. The van der Waals surface area contributed by atoms with E-state index in [-0.39, 0.29) is 0 Å². The molecule has 0 saturated heterocycles. The van der Waals surface area contributed by atoms with Crippen molar-refractivity contribution >= 4 is 22.9 Å². The maximum absolute atomic E-state index is 5.86. The molecule has 0 fully saturated rings. The topological polar surface area (TPSA) is 21.3 Å². The molecule has 15 heavy (non-hydrogen) atoms. The van der Waals surface area contributed by atoms with Gasteiger partial charge < -0.3 is 10.1 Å². The van der Waals surface area contributed by atoms with Crippen LogP contribution in [0.2, 0.25) is 5.02 Å². The highest BCUT2D eigenvalue weighted by Gasteiger charge is 2.12. The zero-order chi connectivity index (χ0) is 11.3. The molecule has 0 aliphatic rings. The molecular formula is C11H18ClNOS. The number of rotatable bonds is 6. The van der Waals surface area contributed by atoms with Crippen molar-refractivity contribution in [3.63, 3.8) is 0 Å². The van der Waals surface area contributed by atoms with Gasteiger partial charge in [-0.25, -0.2) is 0 Å². The van der Waals surface area contributed by atoms with E-state index in [1.54, 1.807) is 18.4 Å². The fourth-order valence-electron chi connectivity index (χ4n) is 1.34. The van der Waals surface area contributed by atoms with Gasteiger partial charge in [0.2, 0.25) is 0 Å². The first-order chi connectivity index (χ1) is 7.13. The van der Waals surface area contributed by atoms with Crippen LogP contribution in [0.1, 0.15) is 18.7 Å². The van der Waals surface area contributed by atoms with E-state index in [4.69, 9.17) is 16.3 Å². The number of ether oxygens (including phenoxy) is 1. The van der Waals surface area contributed by atoms with Gasteiger partial charge in [-0.2, -0.15) is 0 Å². The minimum Gasteiger partial charge on any atom is -0.383 e. The standard InChI is InChI=1S/C11H18ClNOS/c1-8(2)11(6-14-3)13-5-10-4-9(12)7-15-10/h4,7-8,11,13H,5-6H2,1-3H3. The third-order valence-corrected chi connectivity index (χ3v) is 3.60. The lowest BCUT2D eigenvalue weighted by molar-refractivity contribution is 0.146. The fourth-order valence-corrected chi connectivity index (χ4v) is 2.37. The normalized spacial score (nSPS) is 13.4. The van der Waals surface area contributed by atoms with Gasteiger partial charge in [0, 0.05) is 30.0 Å². The molecule has 1 rings (SSSR count). The van der Waals surface area contributed by atoms with Crippen molar-refractivity contribution < 1.29 is 4.74 Å². The molecule has 0 aliphatic carbocycles. The van der Waals surface area contributed by atoms with E-state index >= 15 is 0 Å². The average Bonchev–Trinajstić information content (AvgIpc) is 2.58. The van der Waals surface area contributed by atoms with Gasteiger partial charge in [-0.1, -0.05) is 25.4 Å². The number of hydrogen-bond donors (Lipinski definition) is 1. The Balaban J connectivity index is 2.39. The predicted molar refractivity (Wildman–Crippen MR) is 66.7 cm³/mol. The van der Waals surface area contributed by atoms with Crippen LogP contribution < -0.4 is 5.32 Å². The summed E-state index contributed by atoms with van der Waals surface area (Å²) in [6.07, 6.45) is 0. The average molecular weight is 248 g/mol. The van der Waals surface area contributed by atoms with Gasteiger partial charge in [-0.05, 0) is 12.0 Å². The van der Waals surface area contributed by atoms with E-state index in [0.717, 1.165) is 18.2 Å². The lowest BCUT2D eigenvalue weighted by Crippen LogP contribution is -2.37. The summed E-state index contributed by atoms with van der Waals surface area (Å²) in [4.78, 5) is 1.27. The van der Waals surface area contributed by atoms with Crippen LogP contribution in [0.15, 0.2) is 11.4 Å². The molecule has 1 atom stereocenters. The smallest absolute Gasteiger partial charge is 0.0618 e. The summed E-state index contributed by atoms with van der Waals surface area (Å²) in [7, 11) is 1.74. The van der Waals surface area contributed by atoms with Crippen molar-refractivity contribution in [3.05, 3.63) is 21.3 Å². The van der Waals surface area contributed by atoms with E-state index in [1.807, 2.05) is 11.4 Å². The lowest BCUT2D eigenvalue weighted by Gasteiger charge is -2.21. The second kappa shape index (κ2) is 6.48. The van der Waals surface area contributed by atoms with E-state index in [1.165, 1.54) is 4.88 Å². The molecule has 0 aliphatic heterocycles. The summed E-state index contributed by atoms with van der Waals surface area (Å²) in [6, 6.07) is 2.40. The Labute approximate surface area is 101 Å². The van der Waals surface area contributed by atoms with E-state index in [9.17, 15) is 0 Å². The highest BCUT2D eigenvalue weighted by atomic mass is 35.5. The molecule has 0 amide bonds. The van der Waals surface area contributed by atoms with Crippen LogP contribution in [-0.2, 0) is 11.3 Å². The number of halogens is 1. The first-order valence-electron chi connectivity index (χ1n) is 5.08. The molecule has 86 valence electrons. The molecule has 0 bridgehead atoms. The van der Waals surface area contributed by atoms with Crippen LogP contribution in [0, 0.1) is 5.92 Å². The van der Waals surface area contributed by atoms with Gasteiger partial charge in [-0.15, -0.1) is 11.3 Å². The lowest BCUT2D eigenvalue weighted by atomic mass is 10.1. The van der Waals surface area contributed by atoms with Gasteiger partial charge in [0.25, 0.3) is 0 Å². The minimum atomic E-state index is 0.399. The number of nitrogens with one attached hydrogen (secondary N) is 1. The second-order valence-corrected chi connectivity index (χ2v) is 5.35. The zero-order valence-electron chi connectivity index (χ0n) is 9.42. The van der Waals surface area contributed by atoms with Crippen molar-refractivity contribution in [2.24, 2.45) is 5.92 Å². The molecule has 1 heterocycles. The molecule has 0 radical (unpaired) electrons. The molecule has 4 heteroatoms. The Hall–Kier alpha value is -0.0900. The first kappa shape index (κ1) is 13.0. The zero-order valence-corrected chi connectivity index (χ0v) is 11.0.